The van der Waals surface area contributed by atoms with Gasteiger partial charge in [-0.05, 0) is 6.07 Å². The first kappa shape index (κ1) is 19.0. The van der Waals surface area contributed by atoms with Crippen LogP contribution >= 0.6 is 11.8 Å². The summed E-state index contributed by atoms with van der Waals surface area (Å²) >= 11 is 0.877. The third kappa shape index (κ3) is 4.81. The minimum atomic E-state index is -4.68. The molecule has 0 fully saturated rings. The number of fused-ring (bicyclic) bond motifs is 1. The fourth-order valence-electron chi connectivity index (χ4n) is 1.91. The summed E-state index contributed by atoms with van der Waals surface area (Å²) in [6.45, 7) is -0.131. The molecule has 10 heteroatoms. The van der Waals surface area contributed by atoms with Gasteiger partial charge in [-0.3, -0.25) is 9.59 Å². The van der Waals surface area contributed by atoms with Crippen LogP contribution in [0.4, 0.5) is 13.2 Å². The molecule has 2 aromatic rings. The van der Waals surface area contributed by atoms with E-state index in [2.05, 4.69) is 15.3 Å². The van der Waals surface area contributed by atoms with Gasteiger partial charge in [0.2, 0.25) is 17.6 Å². The number of nitrogens with one attached hydrogen (secondary N) is 1. The largest absolute Gasteiger partial charge is 0.451 e. The highest BCUT2D eigenvalue weighted by molar-refractivity contribution is 8.00. The summed E-state index contributed by atoms with van der Waals surface area (Å²) in [7, 11) is 2.89. The van der Waals surface area contributed by atoms with E-state index in [1.165, 1.54) is 25.1 Å². The number of carbonyl (C=O) groups excluding carboxylic acids is 2. The van der Waals surface area contributed by atoms with Gasteiger partial charge >= 0.3 is 6.18 Å². The first-order valence-electron chi connectivity index (χ1n) is 7.13. The number of carbonyl (C=O) groups is 2. The number of hydrogen-bond acceptors (Lipinski definition) is 5. The van der Waals surface area contributed by atoms with Gasteiger partial charge in [0.05, 0.1) is 17.8 Å². The molecule has 0 unspecified atom stereocenters. The molecule has 0 aliphatic heterocycles. The van der Waals surface area contributed by atoms with Gasteiger partial charge in [-0.15, -0.1) is 0 Å². The molecule has 0 saturated heterocycles. The Hall–Kier alpha value is -2.36. The fraction of sp³-hybridized carbons (Fsp3) is 0.333. The molecule has 2 rings (SSSR count). The smallest absolute Gasteiger partial charge is 0.358 e. The van der Waals surface area contributed by atoms with Gasteiger partial charge in [-0.1, -0.05) is 30.0 Å². The van der Waals surface area contributed by atoms with Crippen LogP contribution in [0.25, 0.3) is 10.9 Å². The summed E-state index contributed by atoms with van der Waals surface area (Å²) in [5.74, 6) is -2.14. The zero-order chi connectivity index (χ0) is 18.6. The quantitative estimate of drug-likeness (QED) is 0.641. The number of halogens is 3. The predicted octanol–water partition coefficient (Wildman–Crippen LogP) is 1.95. The maximum atomic E-state index is 13.0. The lowest BCUT2D eigenvalue weighted by atomic mass is 10.2. The number of thioether (sulfide) groups is 1. The lowest BCUT2D eigenvalue weighted by Crippen LogP contribution is -2.37. The molecular formula is C15H15F3N4O2S. The van der Waals surface area contributed by atoms with Crippen LogP contribution in [0.5, 0.6) is 0 Å². The Labute approximate surface area is 145 Å². The molecule has 0 radical (unpaired) electrons. The molecular weight excluding hydrogens is 357 g/mol. The summed E-state index contributed by atoms with van der Waals surface area (Å²) in [6.07, 6.45) is -4.68. The Kier molecular flexibility index (Phi) is 5.83. The second-order valence-electron chi connectivity index (χ2n) is 5.08. The average molecular weight is 372 g/mol. The predicted molar refractivity (Wildman–Crippen MR) is 87.0 cm³/mol. The Bertz CT molecular complexity index is 798. The molecule has 0 spiro atoms. The van der Waals surface area contributed by atoms with Crippen LogP contribution in [0.1, 0.15) is 5.82 Å². The van der Waals surface area contributed by atoms with Gasteiger partial charge in [0.15, 0.2) is 0 Å². The highest BCUT2D eigenvalue weighted by Gasteiger charge is 2.35. The zero-order valence-electron chi connectivity index (χ0n) is 13.4. The van der Waals surface area contributed by atoms with E-state index in [1.807, 2.05) is 0 Å². The van der Waals surface area contributed by atoms with Gasteiger partial charge in [0.25, 0.3) is 0 Å². The first-order valence-corrected chi connectivity index (χ1v) is 8.12. The van der Waals surface area contributed by atoms with Gasteiger partial charge in [-0.25, -0.2) is 9.97 Å². The van der Waals surface area contributed by atoms with Crippen molar-refractivity contribution >= 4 is 34.5 Å². The minimum Gasteiger partial charge on any atom is -0.358 e. The van der Waals surface area contributed by atoms with E-state index in [4.69, 9.17) is 0 Å². The number of benzene rings is 1. The lowest BCUT2D eigenvalue weighted by molar-refractivity contribution is -0.145. The molecule has 1 N–H and O–H groups in total. The topological polar surface area (TPSA) is 75.2 Å². The number of nitrogens with zero attached hydrogens (tertiary/aromatic N) is 3. The third-order valence-electron chi connectivity index (χ3n) is 3.24. The van der Waals surface area contributed by atoms with E-state index >= 15 is 0 Å². The Morgan fingerprint density at radius 2 is 1.92 bits per heavy atom. The van der Waals surface area contributed by atoms with Crippen molar-refractivity contribution in [3.63, 3.8) is 0 Å². The number of likely N-dealkylation sites (N-methyl/N-ethyl adjacent to an activating group) is 2. The van der Waals surface area contributed by atoms with Crippen LogP contribution in [0.15, 0.2) is 29.3 Å². The van der Waals surface area contributed by atoms with Gasteiger partial charge in [0, 0.05) is 19.5 Å². The van der Waals surface area contributed by atoms with Gasteiger partial charge < -0.3 is 10.2 Å². The van der Waals surface area contributed by atoms with E-state index in [0.29, 0.717) is 5.39 Å². The second kappa shape index (κ2) is 7.68. The van der Waals surface area contributed by atoms with Crippen LogP contribution < -0.4 is 5.32 Å². The fourth-order valence-corrected chi connectivity index (χ4v) is 2.87. The molecule has 1 heterocycles. The first-order chi connectivity index (χ1) is 11.7. The molecule has 134 valence electrons. The summed E-state index contributed by atoms with van der Waals surface area (Å²) in [4.78, 5) is 31.6. The number of alkyl halides is 3. The van der Waals surface area contributed by atoms with Crippen molar-refractivity contribution in [2.24, 2.45) is 0 Å². The van der Waals surface area contributed by atoms with Crippen LogP contribution in [0.3, 0.4) is 0 Å². The molecule has 1 aromatic heterocycles. The number of para-hydroxylation sites is 1. The van der Waals surface area contributed by atoms with E-state index in [1.54, 1.807) is 18.2 Å². The molecule has 0 bridgehead atoms. The van der Waals surface area contributed by atoms with Crippen LogP contribution in [-0.2, 0) is 15.8 Å². The Balaban J connectivity index is 2.22. The number of amides is 2. The highest BCUT2D eigenvalue weighted by Crippen LogP contribution is 2.32. The molecule has 25 heavy (non-hydrogen) atoms. The van der Waals surface area contributed by atoms with Gasteiger partial charge in [0.1, 0.15) is 5.03 Å². The Morgan fingerprint density at radius 1 is 1.24 bits per heavy atom. The molecule has 2 amide bonds. The van der Waals surface area contributed by atoms with Crippen molar-refractivity contribution in [2.45, 2.75) is 11.2 Å². The summed E-state index contributed by atoms with van der Waals surface area (Å²) in [6, 6.07) is 6.28. The van der Waals surface area contributed by atoms with Crippen LogP contribution in [0, 0.1) is 0 Å². The molecule has 0 aliphatic carbocycles. The van der Waals surface area contributed by atoms with Crippen molar-refractivity contribution in [2.75, 3.05) is 26.4 Å². The normalized spacial score (nSPS) is 11.4. The summed E-state index contributed by atoms with van der Waals surface area (Å²) in [5, 5.41) is 2.89. The molecule has 0 saturated carbocycles. The molecule has 1 aromatic carbocycles. The van der Waals surface area contributed by atoms with E-state index in [0.717, 1.165) is 11.8 Å². The van der Waals surface area contributed by atoms with Crippen molar-refractivity contribution in [3.8, 4) is 0 Å². The summed E-state index contributed by atoms with van der Waals surface area (Å²) < 4.78 is 38.9. The van der Waals surface area contributed by atoms with E-state index in [-0.39, 0.29) is 28.7 Å². The second-order valence-corrected chi connectivity index (χ2v) is 6.04. The van der Waals surface area contributed by atoms with Crippen molar-refractivity contribution in [1.29, 1.82) is 0 Å². The molecule has 0 atom stereocenters. The summed E-state index contributed by atoms with van der Waals surface area (Å²) in [5.41, 5.74) is 0.151. The van der Waals surface area contributed by atoms with Gasteiger partial charge in [-0.2, -0.15) is 13.2 Å². The zero-order valence-corrected chi connectivity index (χ0v) is 14.2. The number of hydrogen-bond donors (Lipinski definition) is 1. The SMILES string of the molecule is CNC(=O)CN(C)C(=O)CSc1nc(C(F)(F)F)nc2ccccc12. The molecule has 0 aliphatic rings. The maximum absolute atomic E-state index is 13.0. The van der Waals surface area contributed by atoms with E-state index in [9.17, 15) is 22.8 Å². The van der Waals surface area contributed by atoms with E-state index < -0.39 is 17.9 Å². The third-order valence-corrected chi connectivity index (χ3v) is 4.22. The lowest BCUT2D eigenvalue weighted by Gasteiger charge is -2.16. The number of aromatic nitrogens is 2. The molecule has 6 nitrogen and oxygen atoms in total. The van der Waals surface area contributed by atoms with Crippen LogP contribution in [0.2, 0.25) is 0 Å². The van der Waals surface area contributed by atoms with Crippen molar-refractivity contribution in [1.82, 2.24) is 20.2 Å². The standard InChI is InChI=1S/C15H15F3N4O2S/c1-19-11(23)7-22(2)12(24)8-25-13-9-5-3-4-6-10(9)20-14(21-13)15(16,17)18/h3-6H,7-8H2,1-2H3,(H,19,23). The van der Waals surface area contributed by atoms with Crippen molar-refractivity contribution in [3.05, 3.63) is 30.1 Å². The Morgan fingerprint density at radius 3 is 2.56 bits per heavy atom. The van der Waals surface area contributed by atoms with Crippen molar-refractivity contribution < 1.29 is 22.8 Å². The minimum absolute atomic E-state index is 0.0691. The maximum Gasteiger partial charge on any atom is 0.451 e. The monoisotopic (exact) mass is 372 g/mol. The van der Waals surface area contributed by atoms with Crippen LogP contribution in [-0.4, -0.2) is 53.1 Å². The highest BCUT2D eigenvalue weighted by atomic mass is 32.2. The number of rotatable bonds is 5. The average Bonchev–Trinajstić information content (AvgIpc) is 2.57.